The van der Waals surface area contributed by atoms with Crippen LogP contribution in [0.1, 0.15) is 22.4 Å². The van der Waals surface area contributed by atoms with Crippen molar-refractivity contribution in [2.75, 3.05) is 33.2 Å². The average molecular weight is 408 g/mol. The molecule has 0 unspecified atom stereocenters. The number of alkyl halides is 3. The molecule has 9 heteroatoms. The molecule has 1 aliphatic heterocycles. The SMILES string of the molecule is CN=C(NCc1cn(C)nc1C(F)(F)F)N1CCN(Cc2cccc(C)c2)CC1. The van der Waals surface area contributed by atoms with Gasteiger partial charge in [0.2, 0.25) is 0 Å². The second kappa shape index (κ2) is 8.86. The zero-order chi connectivity index (χ0) is 21.0. The van der Waals surface area contributed by atoms with E-state index in [2.05, 4.69) is 56.4 Å². The van der Waals surface area contributed by atoms with Crippen molar-refractivity contribution in [2.24, 2.45) is 12.0 Å². The number of halogens is 3. The molecule has 2 heterocycles. The third kappa shape index (κ3) is 5.50. The van der Waals surface area contributed by atoms with Gasteiger partial charge in [0.1, 0.15) is 0 Å². The van der Waals surface area contributed by atoms with Crippen LogP contribution in [0.5, 0.6) is 0 Å². The zero-order valence-corrected chi connectivity index (χ0v) is 17.0. The number of nitrogens with zero attached hydrogens (tertiary/aromatic N) is 5. The molecule has 0 spiro atoms. The van der Waals surface area contributed by atoms with Crippen molar-refractivity contribution in [3.8, 4) is 0 Å². The Morgan fingerprint density at radius 2 is 1.93 bits per heavy atom. The summed E-state index contributed by atoms with van der Waals surface area (Å²) >= 11 is 0. The number of hydrogen-bond acceptors (Lipinski definition) is 3. The summed E-state index contributed by atoms with van der Waals surface area (Å²) in [7, 11) is 3.14. The summed E-state index contributed by atoms with van der Waals surface area (Å²) in [5.41, 5.74) is 1.79. The van der Waals surface area contributed by atoms with Crippen molar-refractivity contribution < 1.29 is 13.2 Å². The van der Waals surface area contributed by atoms with E-state index in [1.54, 1.807) is 7.05 Å². The Morgan fingerprint density at radius 1 is 1.21 bits per heavy atom. The first kappa shape index (κ1) is 21.2. The molecule has 0 bridgehead atoms. The smallest absolute Gasteiger partial charge is 0.352 e. The van der Waals surface area contributed by atoms with E-state index in [0.717, 1.165) is 32.7 Å². The van der Waals surface area contributed by atoms with Crippen LogP contribution in [0.25, 0.3) is 0 Å². The van der Waals surface area contributed by atoms with Gasteiger partial charge >= 0.3 is 6.18 Å². The summed E-state index contributed by atoms with van der Waals surface area (Å²) in [6.45, 7) is 6.29. The van der Waals surface area contributed by atoms with E-state index in [9.17, 15) is 13.2 Å². The molecule has 158 valence electrons. The number of piperazine rings is 1. The number of nitrogens with one attached hydrogen (secondary N) is 1. The molecule has 6 nitrogen and oxygen atoms in total. The molecule has 1 saturated heterocycles. The third-order valence-corrected chi connectivity index (χ3v) is 4.98. The van der Waals surface area contributed by atoms with Crippen molar-refractivity contribution in [2.45, 2.75) is 26.2 Å². The molecule has 1 N–H and O–H groups in total. The van der Waals surface area contributed by atoms with E-state index in [-0.39, 0.29) is 12.1 Å². The molecule has 1 aromatic heterocycles. The minimum absolute atomic E-state index is 0.0266. The highest BCUT2D eigenvalue weighted by Crippen LogP contribution is 2.30. The van der Waals surface area contributed by atoms with Crippen LogP contribution in [0.15, 0.2) is 35.5 Å². The maximum atomic E-state index is 13.1. The molecule has 0 atom stereocenters. The van der Waals surface area contributed by atoms with Gasteiger partial charge in [0.25, 0.3) is 0 Å². The van der Waals surface area contributed by atoms with Crippen LogP contribution >= 0.6 is 0 Å². The second-order valence-corrected chi connectivity index (χ2v) is 7.33. The standard InChI is InChI=1S/C20H27F3N6/c1-15-5-4-6-16(11-15)13-28-7-9-29(10-8-28)19(24-2)25-12-17-14-27(3)26-18(17)20(21,22)23/h4-6,11,14H,7-10,12-13H2,1-3H3,(H,24,25). The predicted molar refractivity (Wildman–Crippen MR) is 106 cm³/mol. The molecule has 3 rings (SSSR count). The third-order valence-electron chi connectivity index (χ3n) is 4.98. The Hall–Kier alpha value is -2.55. The first-order valence-corrected chi connectivity index (χ1v) is 9.59. The number of guanidine groups is 1. The molecule has 0 amide bonds. The number of aromatic nitrogens is 2. The molecule has 1 aromatic carbocycles. The minimum Gasteiger partial charge on any atom is -0.352 e. The highest BCUT2D eigenvalue weighted by atomic mass is 19.4. The van der Waals surface area contributed by atoms with Gasteiger partial charge in [-0.25, -0.2) is 0 Å². The van der Waals surface area contributed by atoms with E-state index in [1.165, 1.54) is 29.1 Å². The van der Waals surface area contributed by atoms with Crippen molar-refractivity contribution in [3.63, 3.8) is 0 Å². The van der Waals surface area contributed by atoms with Crippen molar-refractivity contribution in [1.29, 1.82) is 0 Å². The van der Waals surface area contributed by atoms with Crippen molar-refractivity contribution >= 4 is 5.96 Å². The van der Waals surface area contributed by atoms with Gasteiger partial charge in [-0.15, -0.1) is 0 Å². The Bertz CT molecular complexity index is 850. The highest BCUT2D eigenvalue weighted by Gasteiger charge is 2.36. The topological polar surface area (TPSA) is 48.7 Å². The molecule has 0 radical (unpaired) electrons. The van der Waals surface area contributed by atoms with Gasteiger partial charge in [0, 0.05) is 65.1 Å². The molecule has 0 aliphatic carbocycles. The van der Waals surface area contributed by atoms with E-state index >= 15 is 0 Å². The summed E-state index contributed by atoms with van der Waals surface area (Å²) in [4.78, 5) is 8.71. The Kier molecular flexibility index (Phi) is 6.46. The fourth-order valence-corrected chi connectivity index (χ4v) is 3.60. The number of benzene rings is 1. The van der Waals surface area contributed by atoms with E-state index in [0.29, 0.717) is 5.96 Å². The lowest BCUT2D eigenvalue weighted by Gasteiger charge is -2.36. The quantitative estimate of drug-likeness (QED) is 0.624. The van der Waals surface area contributed by atoms with Gasteiger partial charge in [-0.05, 0) is 12.5 Å². The maximum absolute atomic E-state index is 13.1. The number of aliphatic imine (C=N–C) groups is 1. The van der Waals surface area contributed by atoms with Crippen LogP contribution in [0.2, 0.25) is 0 Å². The van der Waals surface area contributed by atoms with E-state index in [4.69, 9.17) is 0 Å². The Labute approximate surface area is 169 Å². The van der Waals surface area contributed by atoms with Gasteiger partial charge in [-0.3, -0.25) is 14.6 Å². The van der Waals surface area contributed by atoms with Gasteiger partial charge in [0.15, 0.2) is 11.7 Å². The van der Waals surface area contributed by atoms with Crippen LogP contribution in [0.3, 0.4) is 0 Å². The van der Waals surface area contributed by atoms with Crippen LogP contribution in [0, 0.1) is 6.92 Å². The molecule has 1 fully saturated rings. The van der Waals surface area contributed by atoms with E-state index < -0.39 is 11.9 Å². The summed E-state index contributed by atoms with van der Waals surface area (Å²) in [6, 6.07) is 8.48. The molecule has 29 heavy (non-hydrogen) atoms. The molecular weight excluding hydrogens is 381 g/mol. The lowest BCUT2D eigenvalue weighted by Crippen LogP contribution is -2.52. The van der Waals surface area contributed by atoms with Crippen molar-refractivity contribution in [1.82, 2.24) is 24.9 Å². The largest absolute Gasteiger partial charge is 0.435 e. The first-order chi connectivity index (χ1) is 13.8. The van der Waals surface area contributed by atoms with Gasteiger partial charge in [0.05, 0.1) is 0 Å². The summed E-state index contributed by atoms with van der Waals surface area (Å²) in [5.74, 6) is 0.609. The molecule has 2 aromatic rings. The normalized spacial score (nSPS) is 16.3. The van der Waals surface area contributed by atoms with Crippen LogP contribution in [-0.2, 0) is 26.3 Å². The first-order valence-electron chi connectivity index (χ1n) is 9.59. The molecule has 1 aliphatic rings. The van der Waals surface area contributed by atoms with Crippen molar-refractivity contribution in [3.05, 3.63) is 52.8 Å². The average Bonchev–Trinajstić information content (AvgIpc) is 3.05. The van der Waals surface area contributed by atoms with Gasteiger partial charge in [-0.1, -0.05) is 29.8 Å². The maximum Gasteiger partial charge on any atom is 0.435 e. The summed E-state index contributed by atoms with van der Waals surface area (Å²) in [6.07, 6.45) is -3.08. The minimum atomic E-state index is -4.47. The Balaban J connectivity index is 1.55. The lowest BCUT2D eigenvalue weighted by atomic mass is 10.1. The summed E-state index contributed by atoms with van der Waals surface area (Å²) in [5, 5.41) is 6.60. The fraction of sp³-hybridized carbons (Fsp3) is 0.500. The molecular formula is C20H27F3N6. The monoisotopic (exact) mass is 408 g/mol. The number of aryl methyl sites for hydroxylation is 2. The number of hydrogen-bond donors (Lipinski definition) is 1. The van der Waals surface area contributed by atoms with Crippen LogP contribution in [-0.4, -0.2) is 58.8 Å². The van der Waals surface area contributed by atoms with Crippen LogP contribution in [0.4, 0.5) is 13.2 Å². The molecule has 0 saturated carbocycles. The Morgan fingerprint density at radius 3 is 2.55 bits per heavy atom. The predicted octanol–water partition coefficient (Wildman–Crippen LogP) is 2.64. The van der Waals surface area contributed by atoms with E-state index in [1.807, 2.05) is 0 Å². The number of rotatable bonds is 4. The fourth-order valence-electron chi connectivity index (χ4n) is 3.60. The van der Waals surface area contributed by atoms with Gasteiger partial charge in [-0.2, -0.15) is 18.3 Å². The van der Waals surface area contributed by atoms with Gasteiger partial charge < -0.3 is 10.2 Å². The highest BCUT2D eigenvalue weighted by molar-refractivity contribution is 5.80. The lowest BCUT2D eigenvalue weighted by molar-refractivity contribution is -0.142. The second-order valence-electron chi connectivity index (χ2n) is 7.33. The summed E-state index contributed by atoms with van der Waals surface area (Å²) < 4.78 is 40.5. The zero-order valence-electron chi connectivity index (χ0n) is 17.0. The van der Waals surface area contributed by atoms with Crippen LogP contribution < -0.4 is 5.32 Å².